The normalized spacial score (nSPS) is 13.1. The molecule has 0 fully saturated rings. The Kier molecular flexibility index (Phi) is 8.26. The van der Waals surface area contributed by atoms with Gasteiger partial charge in [0.25, 0.3) is 0 Å². The van der Waals surface area contributed by atoms with Gasteiger partial charge in [-0.1, -0.05) is 163 Å². The lowest BCUT2D eigenvalue weighted by atomic mass is 9.99. The third kappa shape index (κ3) is 5.54. The van der Waals surface area contributed by atoms with Gasteiger partial charge in [0, 0.05) is 48.7 Å². The van der Waals surface area contributed by atoms with Crippen molar-refractivity contribution in [2.45, 2.75) is 11.8 Å². The molecule has 1 aliphatic heterocycles. The molecule has 0 aliphatic carbocycles. The zero-order chi connectivity index (χ0) is 38.6. The van der Waals surface area contributed by atoms with E-state index in [2.05, 4.69) is 209 Å². The second kappa shape index (κ2) is 14.1. The second-order valence-electron chi connectivity index (χ2n) is 14.5. The number of benzene rings is 8. The fourth-order valence-electron chi connectivity index (χ4n) is 8.56. The van der Waals surface area contributed by atoms with Gasteiger partial charge in [-0.15, -0.1) is 0 Å². The summed E-state index contributed by atoms with van der Waals surface area (Å²) in [5.74, 6) is 0.643. The van der Waals surface area contributed by atoms with E-state index in [1.165, 1.54) is 21.1 Å². The van der Waals surface area contributed by atoms with Crippen LogP contribution >= 0.6 is 11.8 Å². The fraction of sp³-hybridized carbons (Fsp3) is 0.0189. The van der Waals surface area contributed by atoms with Gasteiger partial charge < -0.3 is 4.90 Å². The highest BCUT2D eigenvalue weighted by molar-refractivity contribution is 8.02. The van der Waals surface area contributed by atoms with Crippen LogP contribution in [0.1, 0.15) is 6.92 Å². The molecule has 5 heteroatoms. The van der Waals surface area contributed by atoms with Gasteiger partial charge in [-0.05, 0) is 71.1 Å². The summed E-state index contributed by atoms with van der Waals surface area (Å²) < 4.78 is 2.31. The van der Waals surface area contributed by atoms with E-state index in [0.29, 0.717) is 5.95 Å². The molecule has 274 valence electrons. The first-order valence-corrected chi connectivity index (χ1v) is 20.5. The molecule has 10 aromatic rings. The van der Waals surface area contributed by atoms with Crippen molar-refractivity contribution in [2.75, 3.05) is 4.90 Å². The third-order valence-electron chi connectivity index (χ3n) is 11.2. The first-order valence-electron chi connectivity index (χ1n) is 19.6. The van der Waals surface area contributed by atoms with Gasteiger partial charge in [0.2, 0.25) is 5.95 Å². The van der Waals surface area contributed by atoms with Gasteiger partial charge >= 0.3 is 0 Å². The summed E-state index contributed by atoms with van der Waals surface area (Å²) in [7, 11) is 0. The van der Waals surface area contributed by atoms with E-state index in [1.54, 1.807) is 11.8 Å². The smallest absolute Gasteiger partial charge is 0.235 e. The Hall–Kier alpha value is -7.21. The molecule has 1 aliphatic rings. The number of aromatic nitrogens is 3. The maximum Gasteiger partial charge on any atom is 0.235 e. The summed E-state index contributed by atoms with van der Waals surface area (Å²) >= 11 is 1.76. The van der Waals surface area contributed by atoms with Crippen molar-refractivity contribution in [1.29, 1.82) is 0 Å². The molecule has 0 bridgehead atoms. The van der Waals surface area contributed by atoms with E-state index in [9.17, 15) is 0 Å². The molecular weight excluding hydrogens is 725 g/mol. The van der Waals surface area contributed by atoms with Gasteiger partial charge in [0.15, 0.2) is 0 Å². The molecule has 0 saturated heterocycles. The predicted molar refractivity (Wildman–Crippen MR) is 246 cm³/mol. The SMILES string of the molecule is C/C=C\C=C/C1=CSc2ccc(-c3cccc4c5c6ccccc6ccc5n(-c5nc(-c6ccccc6)c6ccc7ccccc7c6n5)c34)cc2N1c1ccccc1. The van der Waals surface area contributed by atoms with Gasteiger partial charge in [-0.2, -0.15) is 0 Å². The maximum absolute atomic E-state index is 5.53. The average molecular weight is 761 g/mol. The fourth-order valence-corrected chi connectivity index (χ4v) is 9.41. The van der Waals surface area contributed by atoms with E-state index in [4.69, 9.17) is 9.97 Å². The molecule has 3 heterocycles. The molecule has 0 atom stereocenters. The number of fused-ring (bicyclic) bond motifs is 9. The quantitative estimate of drug-likeness (QED) is 0.125. The van der Waals surface area contributed by atoms with Crippen LogP contribution in [-0.2, 0) is 0 Å². The summed E-state index contributed by atoms with van der Waals surface area (Å²) in [5.41, 5.74) is 10.6. The molecule has 0 spiro atoms. The van der Waals surface area contributed by atoms with Crippen molar-refractivity contribution >= 4 is 77.4 Å². The minimum Gasteiger partial charge on any atom is -0.309 e. The number of thioether (sulfide) groups is 1. The zero-order valence-electron chi connectivity index (χ0n) is 31.7. The van der Waals surface area contributed by atoms with E-state index >= 15 is 0 Å². The summed E-state index contributed by atoms with van der Waals surface area (Å²) in [6.45, 7) is 2.04. The van der Waals surface area contributed by atoms with Crippen molar-refractivity contribution in [3.63, 3.8) is 0 Å². The molecule has 11 rings (SSSR count). The Morgan fingerprint density at radius 1 is 0.569 bits per heavy atom. The van der Waals surface area contributed by atoms with Gasteiger partial charge in [-0.3, -0.25) is 4.57 Å². The predicted octanol–water partition coefficient (Wildman–Crippen LogP) is 14.6. The van der Waals surface area contributed by atoms with E-state index in [0.717, 1.165) is 77.6 Å². The van der Waals surface area contributed by atoms with Gasteiger partial charge in [-0.25, -0.2) is 9.97 Å². The third-order valence-corrected chi connectivity index (χ3v) is 12.1. The maximum atomic E-state index is 5.53. The topological polar surface area (TPSA) is 34.0 Å². The van der Waals surface area contributed by atoms with Crippen molar-refractivity contribution in [2.24, 2.45) is 0 Å². The number of nitrogens with zero attached hydrogens (tertiary/aromatic N) is 4. The van der Waals surface area contributed by atoms with Crippen LogP contribution in [0.5, 0.6) is 0 Å². The lowest BCUT2D eigenvalue weighted by molar-refractivity contribution is 1.02. The van der Waals surface area contributed by atoms with E-state index in [1.807, 2.05) is 6.92 Å². The minimum atomic E-state index is 0.643. The van der Waals surface area contributed by atoms with Crippen LogP contribution in [0.3, 0.4) is 0 Å². The highest BCUT2D eigenvalue weighted by Gasteiger charge is 2.25. The lowest BCUT2D eigenvalue weighted by Gasteiger charge is -2.31. The summed E-state index contributed by atoms with van der Waals surface area (Å²) in [6, 6.07) is 60.8. The molecule has 0 radical (unpaired) electrons. The van der Waals surface area contributed by atoms with E-state index < -0.39 is 0 Å². The zero-order valence-corrected chi connectivity index (χ0v) is 32.6. The molecule has 0 N–H and O–H groups in total. The average Bonchev–Trinajstić information content (AvgIpc) is 3.64. The number of rotatable bonds is 6. The molecule has 2 aromatic heterocycles. The Bertz CT molecular complexity index is 3320. The highest BCUT2D eigenvalue weighted by atomic mass is 32.2. The van der Waals surface area contributed by atoms with Gasteiger partial charge in [0.05, 0.1) is 33.6 Å². The molecule has 0 unspecified atom stereocenters. The van der Waals surface area contributed by atoms with Crippen LogP contribution in [0, 0.1) is 0 Å². The number of allylic oxidation sites excluding steroid dienone is 4. The van der Waals surface area contributed by atoms with E-state index in [-0.39, 0.29) is 0 Å². The van der Waals surface area contributed by atoms with Crippen LogP contribution in [0.2, 0.25) is 0 Å². The Balaban J connectivity index is 1.23. The Morgan fingerprint density at radius 2 is 1.29 bits per heavy atom. The van der Waals surface area contributed by atoms with Crippen LogP contribution in [0.25, 0.3) is 82.6 Å². The number of hydrogen-bond acceptors (Lipinski definition) is 4. The first kappa shape index (κ1) is 34.1. The second-order valence-corrected chi connectivity index (χ2v) is 15.4. The standard InChI is InChI=1S/C53H36N4S/c1-2-3-6-22-40-34-58-48-32-29-38(33-47(48)56(40)39-20-9-5-10-21-39)43-25-15-26-44-49-41-23-13-11-16-35(41)28-31-46(49)57(52(43)44)53-54-50(37-18-7-4-8-19-37)45-30-27-36-17-12-14-24-42(36)51(45)55-53/h2-34H,1H3/b3-2-,22-6-. The molecule has 0 amide bonds. The van der Waals surface area contributed by atoms with Crippen molar-refractivity contribution in [1.82, 2.24) is 14.5 Å². The molecule has 0 saturated carbocycles. The van der Waals surface area contributed by atoms with Crippen LogP contribution < -0.4 is 4.90 Å². The highest BCUT2D eigenvalue weighted by Crippen LogP contribution is 2.47. The Morgan fingerprint density at radius 3 is 2.12 bits per heavy atom. The van der Waals surface area contributed by atoms with Gasteiger partial charge in [0.1, 0.15) is 0 Å². The summed E-state index contributed by atoms with van der Waals surface area (Å²) in [6.07, 6.45) is 8.42. The minimum absolute atomic E-state index is 0.643. The number of para-hydroxylation sites is 2. The molecule has 8 aromatic carbocycles. The van der Waals surface area contributed by atoms with Crippen molar-refractivity contribution in [3.8, 4) is 28.3 Å². The van der Waals surface area contributed by atoms with Crippen molar-refractivity contribution < 1.29 is 0 Å². The van der Waals surface area contributed by atoms with Crippen LogP contribution in [-0.4, -0.2) is 14.5 Å². The van der Waals surface area contributed by atoms with Crippen LogP contribution in [0.4, 0.5) is 11.4 Å². The molecule has 4 nitrogen and oxygen atoms in total. The van der Waals surface area contributed by atoms with Crippen molar-refractivity contribution in [3.05, 3.63) is 205 Å². The monoisotopic (exact) mass is 760 g/mol. The first-order chi connectivity index (χ1) is 28.7. The largest absolute Gasteiger partial charge is 0.309 e. The number of anilines is 2. The lowest BCUT2D eigenvalue weighted by Crippen LogP contribution is -2.18. The van der Waals surface area contributed by atoms with Crippen LogP contribution in [0.15, 0.2) is 210 Å². The molecular formula is C53H36N4S. The number of hydrogen-bond donors (Lipinski definition) is 0. The molecule has 58 heavy (non-hydrogen) atoms. The Labute approximate surface area is 340 Å². The summed E-state index contributed by atoms with van der Waals surface area (Å²) in [4.78, 5) is 14.6. The summed E-state index contributed by atoms with van der Waals surface area (Å²) in [5, 5.41) is 10.3.